The number of nitrogens with one attached hydrogen (secondary N) is 1. The van der Waals surface area contributed by atoms with Gasteiger partial charge in [0.1, 0.15) is 9.84 Å². The average Bonchev–Trinajstić information content (AvgIpc) is 2.49. The van der Waals surface area contributed by atoms with E-state index in [1.807, 2.05) is 7.05 Å². The third-order valence-electron chi connectivity index (χ3n) is 4.22. The molecule has 2 fully saturated rings. The minimum absolute atomic E-state index is 0.332. The number of rotatable bonds is 5. The number of sulfone groups is 1. The highest BCUT2D eigenvalue weighted by Crippen LogP contribution is 2.35. The molecule has 5 heteroatoms. The van der Waals surface area contributed by atoms with Crippen LogP contribution in [0, 0.1) is 0 Å². The minimum Gasteiger partial charge on any atom is -0.317 e. The van der Waals surface area contributed by atoms with Crippen LogP contribution >= 0.6 is 0 Å². The summed E-state index contributed by atoms with van der Waals surface area (Å²) < 4.78 is 22.2. The zero-order valence-corrected chi connectivity index (χ0v) is 11.7. The molecule has 2 rings (SSSR count). The first-order valence-corrected chi connectivity index (χ1v) is 8.66. The first-order chi connectivity index (χ1) is 7.99. The lowest BCUT2D eigenvalue weighted by Gasteiger charge is -2.38. The molecule has 4 nitrogen and oxygen atoms in total. The molecule has 0 radical (unpaired) electrons. The summed E-state index contributed by atoms with van der Waals surface area (Å²) in [5.74, 6) is 0.332. The van der Waals surface area contributed by atoms with Gasteiger partial charge in [0.05, 0.1) is 5.75 Å². The predicted molar refractivity (Wildman–Crippen MR) is 69.9 cm³/mol. The molecule has 0 aromatic rings. The van der Waals surface area contributed by atoms with Crippen molar-refractivity contribution in [3.63, 3.8) is 0 Å². The molecule has 0 amide bonds. The average molecular weight is 260 g/mol. The third kappa shape index (κ3) is 3.42. The Kier molecular flexibility index (Phi) is 4.10. The smallest absolute Gasteiger partial charge is 0.147 e. The standard InChI is InChI=1S/C12H24N2O2S/c1-13-10-8-11-4-5-12(9-10)14(11)6-3-7-17(2,15)16/h10-13H,3-9H2,1-2H3. The normalized spacial score (nSPS) is 34.1. The quantitative estimate of drug-likeness (QED) is 0.788. The van der Waals surface area contributed by atoms with Gasteiger partial charge in [-0.3, -0.25) is 4.90 Å². The first kappa shape index (κ1) is 13.3. The van der Waals surface area contributed by atoms with Crippen molar-refractivity contribution in [2.45, 2.75) is 50.2 Å². The van der Waals surface area contributed by atoms with Crippen molar-refractivity contribution in [1.82, 2.24) is 10.2 Å². The summed E-state index contributed by atoms with van der Waals surface area (Å²) in [5, 5.41) is 3.38. The summed E-state index contributed by atoms with van der Waals surface area (Å²) in [7, 11) is -0.749. The number of hydrogen-bond donors (Lipinski definition) is 1. The fourth-order valence-corrected chi connectivity index (χ4v) is 4.04. The second kappa shape index (κ2) is 5.24. The molecule has 17 heavy (non-hydrogen) atoms. The van der Waals surface area contributed by atoms with Gasteiger partial charge in [0.15, 0.2) is 0 Å². The molecule has 2 aliphatic heterocycles. The van der Waals surface area contributed by atoms with Gasteiger partial charge in [-0.15, -0.1) is 0 Å². The van der Waals surface area contributed by atoms with Gasteiger partial charge in [0.25, 0.3) is 0 Å². The SMILES string of the molecule is CNC1CC2CCC(C1)N2CCCS(C)(=O)=O. The van der Waals surface area contributed by atoms with Gasteiger partial charge in [0, 0.05) is 24.4 Å². The predicted octanol–water partition coefficient (Wildman–Crippen LogP) is 0.636. The Morgan fingerprint density at radius 2 is 1.82 bits per heavy atom. The summed E-state index contributed by atoms with van der Waals surface area (Å²) in [5.41, 5.74) is 0. The third-order valence-corrected chi connectivity index (χ3v) is 5.25. The van der Waals surface area contributed by atoms with E-state index in [9.17, 15) is 8.42 Å². The second-order valence-corrected chi connectivity index (χ2v) is 7.82. The second-order valence-electron chi connectivity index (χ2n) is 5.56. The highest BCUT2D eigenvalue weighted by atomic mass is 32.2. The summed E-state index contributed by atoms with van der Waals surface area (Å²) in [6.45, 7) is 0.957. The van der Waals surface area contributed by atoms with Crippen LogP contribution in [0.3, 0.4) is 0 Å². The van der Waals surface area contributed by atoms with E-state index in [1.165, 1.54) is 31.9 Å². The largest absolute Gasteiger partial charge is 0.317 e. The van der Waals surface area contributed by atoms with E-state index in [-0.39, 0.29) is 0 Å². The Labute approximate surface area is 105 Å². The van der Waals surface area contributed by atoms with Gasteiger partial charge < -0.3 is 5.32 Å². The highest BCUT2D eigenvalue weighted by Gasteiger charge is 2.39. The molecule has 2 aliphatic rings. The van der Waals surface area contributed by atoms with Crippen LogP contribution in [0.4, 0.5) is 0 Å². The number of nitrogens with zero attached hydrogens (tertiary/aromatic N) is 1. The molecule has 2 unspecified atom stereocenters. The summed E-state index contributed by atoms with van der Waals surface area (Å²) in [6.07, 6.45) is 7.16. The maximum absolute atomic E-state index is 11.1. The fourth-order valence-electron chi connectivity index (χ4n) is 3.38. The molecule has 0 aliphatic carbocycles. The Morgan fingerprint density at radius 1 is 1.24 bits per heavy atom. The molecule has 0 aromatic heterocycles. The van der Waals surface area contributed by atoms with E-state index in [0.717, 1.165) is 13.0 Å². The number of fused-ring (bicyclic) bond motifs is 2. The van der Waals surface area contributed by atoms with Gasteiger partial charge in [-0.25, -0.2) is 8.42 Å². The Balaban J connectivity index is 1.83. The Morgan fingerprint density at radius 3 is 2.29 bits per heavy atom. The molecule has 2 heterocycles. The molecule has 0 spiro atoms. The molecule has 100 valence electrons. The topological polar surface area (TPSA) is 49.4 Å². The van der Waals surface area contributed by atoms with Crippen LogP contribution in [0.2, 0.25) is 0 Å². The zero-order valence-electron chi connectivity index (χ0n) is 10.9. The van der Waals surface area contributed by atoms with Crippen LogP contribution in [0.5, 0.6) is 0 Å². The molecule has 2 bridgehead atoms. The summed E-state index contributed by atoms with van der Waals surface area (Å²) >= 11 is 0. The van der Waals surface area contributed by atoms with Crippen LogP contribution < -0.4 is 5.32 Å². The van der Waals surface area contributed by atoms with Crippen molar-refractivity contribution in [2.75, 3.05) is 25.6 Å². The lowest BCUT2D eigenvalue weighted by atomic mass is 9.97. The monoisotopic (exact) mass is 260 g/mol. The molecular weight excluding hydrogens is 236 g/mol. The van der Waals surface area contributed by atoms with Gasteiger partial charge in [-0.1, -0.05) is 0 Å². The van der Waals surface area contributed by atoms with Crippen molar-refractivity contribution in [3.8, 4) is 0 Å². The van der Waals surface area contributed by atoms with Crippen molar-refractivity contribution in [2.24, 2.45) is 0 Å². The van der Waals surface area contributed by atoms with Gasteiger partial charge in [-0.05, 0) is 45.7 Å². The maximum atomic E-state index is 11.1. The lowest BCUT2D eigenvalue weighted by Crippen LogP contribution is -2.48. The Bertz CT molecular complexity index is 342. The van der Waals surface area contributed by atoms with Gasteiger partial charge in [0.2, 0.25) is 0 Å². The molecule has 0 aromatic carbocycles. The molecule has 1 N–H and O–H groups in total. The lowest BCUT2D eigenvalue weighted by molar-refractivity contribution is 0.120. The summed E-state index contributed by atoms with van der Waals surface area (Å²) in [4.78, 5) is 2.55. The van der Waals surface area contributed by atoms with Crippen molar-refractivity contribution in [1.29, 1.82) is 0 Å². The van der Waals surface area contributed by atoms with Crippen LogP contribution in [-0.4, -0.2) is 57.0 Å². The molecule has 2 atom stereocenters. The first-order valence-electron chi connectivity index (χ1n) is 6.60. The van der Waals surface area contributed by atoms with Crippen LogP contribution in [-0.2, 0) is 9.84 Å². The molecule has 2 saturated heterocycles. The van der Waals surface area contributed by atoms with E-state index in [2.05, 4.69) is 10.2 Å². The fraction of sp³-hybridized carbons (Fsp3) is 1.00. The van der Waals surface area contributed by atoms with E-state index in [0.29, 0.717) is 23.9 Å². The minimum atomic E-state index is -2.79. The van der Waals surface area contributed by atoms with Crippen LogP contribution in [0.1, 0.15) is 32.1 Å². The van der Waals surface area contributed by atoms with E-state index in [4.69, 9.17) is 0 Å². The van der Waals surface area contributed by atoms with Crippen molar-refractivity contribution < 1.29 is 8.42 Å². The molecular formula is C12H24N2O2S. The number of hydrogen-bond acceptors (Lipinski definition) is 4. The maximum Gasteiger partial charge on any atom is 0.147 e. The van der Waals surface area contributed by atoms with Gasteiger partial charge >= 0.3 is 0 Å². The van der Waals surface area contributed by atoms with E-state index >= 15 is 0 Å². The van der Waals surface area contributed by atoms with Crippen LogP contribution in [0.15, 0.2) is 0 Å². The highest BCUT2D eigenvalue weighted by molar-refractivity contribution is 7.90. The van der Waals surface area contributed by atoms with Crippen LogP contribution in [0.25, 0.3) is 0 Å². The molecule has 0 saturated carbocycles. The number of piperidine rings is 1. The zero-order chi connectivity index (χ0) is 12.5. The van der Waals surface area contributed by atoms with Crippen molar-refractivity contribution in [3.05, 3.63) is 0 Å². The summed E-state index contributed by atoms with van der Waals surface area (Å²) in [6, 6.07) is 2.04. The Hall–Kier alpha value is -0.130. The van der Waals surface area contributed by atoms with E-state index in [1.54, 1.807) is 0 Å². The van der Waals surface area contributed by atoms with Crippen molar-refractivity contribution >= 4 is 9.84 Å². The van der Waals surface area contributed by atoms with E-state index < -0.39 is 9.84 Å². The van der Waals surface area contributed by atoms with Gasteiger partial charge in [-0.2, -0.15) is 0 Å².